The lowest BCUT2D eigenvalue weighted by molar-refractivity contribution is -0.105. The minimum atomic E-state index is -0.391. The fourth-order valence-corrected chi connectivity index (χ4v) is 4.71. The summed E-state index contributed by atoms with van der Waals surface area (Å²) in [7, 11) is 0. The van der Waals surface area contributed by atoms with Gasteiger partial charge in [-0.25, -0.2) is 18.7 Å². The van der Waals surface area contributed by atoms with Crippen LogP contribution in [0.4, 0.5) is 25.3 Å². The highest BCUT2D eigenvalue weighted by Crippen LogP contribution is 2.40. The number of anilines is 3. The predicted molar refractivity (Wildman–Crippen MR) is 161 cm³/mol. The van der Waals surface area contributed by atoms with E-state index >= 15 is 0 Å². The zero-order valence-electron chi connectivity index (χ0n) is 22.8. The van der Waals surface area contributed by atoms with Crippen molar-refractivity contribution < 1.29 is 18.3 Å². The van der Waals surface area contributed by atoms with E-state index in [0.717, 1.165) is 5.92 Å². The van der Waals surface area contributed by atoms with Crippen LogP contribution in [-0.2, 0) is 9.53 Å². The van der Waals surface area contributed by atoms with Crippen LogP contribution in [0.3, 0.4) is 0 Å². The summed E-state index contributed by atoms with van der Waals surface area (Å²) in [5.74, 6) is 1.03. The van der Waals surface area contributed by atoms with Crippen LogP contribution in [0.25, 0.3) is 11.3 Å². The third kappa shape index (κ3) is 7.76. The van der Waals surface area contributed by atoms with Gasteiger partial charge < -0.3 is 21.1 Å². The molecule has 1 fully saturated rings. The number of nitrogens with one attached hydrogen (secondary N) is 2. The second-order valence-electron chi connectivity index (χ2n) is 9.29. The highest BCUT2D eigenvalue weighted by atomic mass is 32.1. The van der Waals surface area contributed by atoms with Gasteiger partial charge in [0.15, 0.2) is 5.76 Å². The second-order valence-corrected chi connectivity index (χ2v) is 10.1. The Balaban J connectivity index is 0.000000322. The lowest BCUT2D eigenvalue weighted by Crippen LogP contribution is -2.08. The normalized spacial score (nSPS) is 12.9. The Labute approximate surface area is 241 Å². The number of hydrogen-bond acceptors (Lipinski definition) is 7. The molecule has 1 amide bonds. The van der Waals surface area contributed by atoms with Gasteiger partial charge in [0, 0.05) is 23.2 Å². The summed E-state index contributed by atoms with van der Waals surface area (Å²) in [6, 6.07) is 14.6. The molecule has 1 saturated carbocycles. The van der Waals surface area contributed by atoms with Gasteiger partial charge in [0.05, 0.1) is 12.1 Å². The molecule has 0 atom stereocenters. The number of nitrogens with zero attached hydrogens (tertiary/aromatic N) is 2. The Morgan fingerprint density at radius 3 is 2.54 bits per heavy atom. The largest absolute Gasteiger partial charge is 0.491 e. The number of pyridine rings is 1. The number of ether oxygens (including phenoxy) is 1. The van der Waals surface area contributed by atoms with Crippen LogP contribution in [0.5, 0.6) is 0 Å². The second kappa shape index (κ2) is 13.7. The molecule has 0 unspecified atom stereocenters. The first-order valence-corrected chi connectivity index (χ1v) is 13.9. The molecular formula is C31H31F2N5O2S. The average Bonchev–Trinajstić information content (AvgIpc) is 3.71. The number of benzene rings is 2. The zero-order valence-corrected chi connectivity index (χ0v) is 23.6. The number of amides is 1. The highest BCUT2D eigenvalue weighted by molar-refractivity contribution is 7.14. The molecule has 212 valence electrons. The molecule has 0 aliphatic heterocycles. The molecule has 7 nitrogen and oxygen atoms in total. The molecule has 41 heavy (non-hydrogen) atoms. The Bertz CT molecular complexity index is 1550. The standard InChI is InChI=1S/C23H21F2N3O2S.C8H10N2/c1-4-30-22(21-23(26-12-29)31-13-27-21)20(16-6-8-17(24)9-7-16)15(3)28-18-10-5-14(2)19(25)11-18;9-8-5-7(3-4-10-8)6-1-2-6/h5-13,28H,3-4H2,1-2H3,(H,26,29);3-6H,1-2H2,(H2,9,10)/b22-20+;. The van der Waals surface area contributed by atoms with Crippen LogP contribution in [0.15, 0.2) is 78.6 Å². The lowest BCUT2D eigenvalue weighted by atomic mass is 10.00. The molecule has 2 heterocycles. The van der Waals surface area contributed by atoms with Gasteiger partial charge in [-0.15, -0.1) is 11.3 Å². The van der Waals surface area contributed by atoms with Crippen molar-refractivity contribution in [1.29, 1.82) is 0 Å². The summed E-state index contributed by atoms with van der Waals surface area (Å²) in [5, 5.41) is 6.20. The first kappa shape index (κ1) is 29.4. The smallest absolute Gasteiger partial charge is 0.212 e. The van der Waals surface area contributed by atoms with Gasteiger partial charge in [0.2, 0.25) is 6.41 Å². The lowest BCUT2D eigenvalue weighted by Gasteiger charge is -2.19. The van der Waals surface area contributed by atoms with Crippen molar-refractivity contribution in [3.8, 4) is 0 Å². The number of halogens is 2. The van der Waals surface area contributed by atoms with Gasteiger partial charge in [-0.05, 0) is 85.7 Å². The third-order valence-corrected chi connectivity index (χ3v) is 7.00. The number of hydrogen-bond donors (Lipinski definition) is 3. The molecule has 2 aromatic heterocycles. The molecule has 0 bridgehead atoms. The topological polar surface area (TPSA) is 102 Å². The van der Waals surface area contributed by atoms with Crippen LogP contribution in [-0.4, -0.2) is 23.0 Å². The average molecular weight is 576 g/mol. The molecular weight excluding hydrogens is 544 g/mol. The van der Waals surface area contributed by atoms with Gasteiger partial charge in [-0.2, -0.15) is 0 Å². The number of aryl methyl sites for hydroxylation is 1. The van der Waals surface area contributed by atoms with E-state index in [-0.39, 0.29) is 5.82 Å². The van der Waals surface area contributed by atoms with Gasteiger partial charge in [0.25, 0.3) is 0 Å². The predicted octanol–water partition coefficient (Wildman–Crippen LogP) is 7.37. The van der Waals surface area contributed by atoms with Gasteiger partial charge >= 0.3 is 0 Å². The van der Waals surface area contributed by atoms with E-state index in [4.69, 9.17) is 10.5 Å². The Hall–Kier alpha value is -4.57. The number of thiazole rings is 1. The minimum absolute atomic E-state index is 0.310. The first-order chi connectivity index (χ1) is 19.8. The number of carbonyl (C=O) groups excluding carboxylic acids is 1. The Kier molecular flexibility index (Phi) is 9.81. The fourth-order valence-electron chi connectivity index (χ4n) is 4.07. The summed E-state index contributed by atoms with van der Waals surface area (Å²) < 4.78 is 33.5. The molecule has 10 heteroatoms. The molecule has 0 radical (unpaired) electrons. The quantitative estimate of drug-likeness (QED) is 0.104. The number of rotatable bonds is 10. The summed E-state index contributed by atoms with van der Waals surface area (Å²) in [4.78, 5) is 19.3. The maximum absolute atomic E-state index is 14.0. The minimum Gasteiger partial charge on any atom is -0.491 e. The first-order valence-electron chi connectivity index (χ1n) is 13.0. The molecule has 0 spiro atoms. The summed E-state index contributed by atoms with van der Waals surface area (Å²) >= 11 is 1.24. The van der Waals surface area contributed by atoms with Gasteiger partial charge in [-0.3, -0.25) is 4.79 Å². The van der Waals surface area contributed by atoms with E-state index in [2.05, 4.69) is 27.2 Å². The van der Waals surface area contributed by atoms with E-state index in [1.54, 1.807) is 42.9 Å². The van der Waals surface area contributed by atoms with Gasteiger partial charge in [0.1, 0.15) is 28.1 Å². The van der Waals surface area contributed by atoms with E-state index in [1.165, 1.54) is 47.9 Å². The monoisotopic (exact) mass is 575 g/mol. The number of aromatic nitrogens is 2. The molecule has 0 saturated heterocycles. The Morgan fingerprint density at radius 2 is 1.90 bits per heavy atom. The number of carbonyl (C=O) groups is 1. The van der Waals surface area contributed by atoms with Crippen molar-refractivity contribution >= 4 is 45.6 Å². The van der Waals surface area contributed by atoms with Crippen molar-refractivity contribution in [3.05, 3.63) is 113 Å². The van der Waals surface area contributed by atoms with Crippen molar-refractivity contribution in [2.24, 2.45) is 0 Å². The van der Waals surface area contributed by atoms with Crippen molar-refractivity contribution in [1.82, 2.24) is 9.97 Å². The molecule has 5 rings (SSSR count). The summed E-state index contributed by atoms with van der Waals surface area (Å²) in [6.07, 6.45) is 4.98. The van der Waals surface area contributed by atoms with E-state index in [0.29, 0.717) is 63.4 Å². The van der Waals surface area contributed by atoms with Crippen LogP contribution in [0.2, 0.25) is 0 Å². The third-order valence-electron chi connectivity index (χ3n) is 6.24. The maximum atomic E-state index is 14.0. The molecule has 4 aromatic rings. The van der Waals surface area contributed by atoms with Crippen molar-refractivity contribution in [2.75, 3.05) is 23.0 Å². The highest BCUT2D eigenvalue weighted by Gasteiger charge is 2.23. The SMILES string of the molecule is C=C(Nc1ccc(C)c(F)c1)/C(=C(\OCC)c1ncsc1NC=O)c1ccc(F)cc1.Nc1cc(C2CC2)ccn1. The maximum Gasteiger partial charge on any atom is 0.212 e. The number of allylic oxidation sites excluding steroid dienone is 1. The fraction of sp³-hybridized carbons (Fsp3) is 0.194. The molecule has 4 N–H and O–H groups in total. The van der Waals surface area contributed by atoms with Crippen LogP contribution in [0.1, 0.15) is 48.1 Å². The molecule has 1 aliphatic rings. The van der Waals surface area contributed by atoms with E-state index in [1.807, 2.05) is 19.1 Å². The number of nitrogens with two attached hydrogens (primary N) is 1. The van der Waals surface area contributed by atoms with Crippen molar-refractivity contribution in [2.45, 2.75) is 32.6 Å². The van der Waals surface area contributed by atoms with Crippen LogP contribution < -0.4 is 16.4 Å². The van der Waals surface area contributed by atoms with E-state index in [9.17, 15) is 13.6 Å². The Morgan fingerprint density at radius 1 is 1.15 bits per heavy atom. The number of nitrogen functional groups attached to an aromatic ring is 1. The zero-order chi connectivity index (χ0) is 29.4. The molecule has 2 aromatic carbocycles. The summed E-state index contributed by atoms with van der Waals surface area (Å²) in [5.41, 5.74) is 11.4. The van der Waals surface area contributed by atoms with E-state index < -0.39 is 5.82 Å². The van der Waals surface area contributed by atoms with Crippen LogP contribution in [0, 0.1) is 18.6 Å². The summed E-state index contributed by atoms with van der Waals surface area (Å²) in [6.45, 7) is 7.91. The molecule has 1 aliphatic carbocycles. The van der Waals surface area contributed by atoms with Crippen molar-refractivity contribution in [3.63, 3.8) is 0 Å². The van der Waals surface area contributed by atoms with Gasteiger partial charge in [-0.1, -0.05) is 24.8 Å². The van der Waals surface area contributed by atoms with Crippen LogP contribution >= 0.6 is 11.3 Å².